The Labute approximate surface area is 108 Å². The van der Waals surface area contributed by atoms with E-state index in [1.807, 2.05) is 6.07 Å². The fourth-order valence-corrected chi connectivity index (χ4v) is 2.69. The molecule has 0 saturated heterocycles. The molecule has 0 bridgehead atoms. The Morgan fingerprint density at radius 3 is 2.61 bits per heavy atom. The standard InChI is InChI=1S/C16H18N2/c1-12-8-15(17)10-16(9-12)18-7-6-13-4-2-3-5-14(13)11-18/h2-5,8-10H,6-7,11,17H2,1H3. The molecule has 18 heavy (non-hydrogen) atoms. The summed E-state index contributed by atoms with van der Waals surface area (Å²) in [6.45, 7) is 4.15. The second kappa shape index (κ2) is 4.37. The van der Waals surface area contributed by atoms with Crippen molar-refractivity contribution < 1.29 is 0 Å². The van der Waals surface area contributed by atoms with Gasteiger partial charge in [-0.15, -0.1) is 0 Å². The summed E-state index contributed by atoms with van der Waals surface area (Å²) in [5, 5.41) is 0. The van der Waals surface area contributed by atoms with Crippen molar-refractivity contribution in [3.05, 3.63) is 59.2 Å². The molecule has 2 heteroatoms. The van der Waals surface area contributed by atoms with Gasteiger partial charge in [-0.25, -0.2) is 0 Å². The third-order valence-corrected chi connectivity index (χ3v) is 3.58. The van der Waals surface area contributed by atoms with Gasteiger partial charge in [-0.3, -0.25) is 0 Å². The average molecular weight is 238 g/mol. The monoisotopic (exact) mass is 238 g/mol. The van der Waals surface area contributed by atoms with E-state index in [0.29, 0.717) is 0 Å². The predicted molar refractivity (Wildman–Crippen MR) is 76.8 cm³/mol. The highest BCUT2D eigenvalue weighted by Gasteiger charge is 2.16. The van der Waals surface area contributed by atoms with E-state index in [4.69, 9.17) is 5.73 Å². The maximum Gasteiger partial charge on any atom is 0.0432 e. The smallest absolute Gasteiger partial charge is 0.0432 e. The van der Waals surface area contributed by atoms with E-state index in [-0.39, 0.29) is 0 Å². The quantitative estimate of drug-likeness (QED) is 0.773. The van der Waals surface area contributed by atoms with E-state index in [9.17, 15) is 0 Å². The van der Waals surface area contributed by atoms with Crippen LogP contribution in [-0.2, 0) is 13.0 Å². The minimum absolute atomic E-state index is 0.851. The number of hydrogen-bond acceptors (Lipinski definition) is 2. The highest BCUT2D eigenvalue weighted by molar-refractivity contribution is 5.59. The summed E-state index contributed by atoms with van der Waals surface area (Å²) in [5.41, 5.74) is 12.2. The molecule has 2 nitrogen and oxygen atoms in total. The Hall–Kier alpha value is -1.96. The SMILES string of the molecule is Cc1cc(N)cc(N2CCc3ccccc3C2)c1. The van der Waals surface area contributed by atoms with Crippen LogP contribution in [0.3, 0.4) is 0 Å². The lowest BCUT2D eigenvalue weighted by Gasteiger charge is -2.31. The number of nitrogens with zero attached hydrogens (tertiary/aromatic N) is 1. The number of rotatable bonds is 1. The molecule has 0 atom stereocenters. The van der Waals surface area contributed by atoms with Crippen LogP contribution in [0.25, 0.3) is 0 Å². The predicted octanol–water partition coefficient (Wildman–Crippen LogP) is 3.14. The van der Waals surface area contributed by atoms with Crippen molar-refractivity contribution in [1.29, 1.82) is 0 Å². The molecule has 92 valence electrons. The highest BCUT2D eigenvalue weighted by atomic mass is 15.1. The summed E-state index contributed by atoms with van der Waals surface area (Å²) >= 11 is 0. The molecule has 0 aliphatic carbocycles. The number of anilines is 2. The molecule has 0 spiro atoms. The van der Waals surface area contributed by atoms with E-state index in [1.54, 1.807) is 0 Å². The first-order valence-corrected chi connectivity index (χ1v) is 6.41. The van der Waals surface area contributed by atoms with Gasteiger partial charge in [-0.05, 0) is 48.2 Å². The number of nitrogen functional groups attached to an aromatic ring is 1. The lowest BCUT2D eigenvalue weighted by Crippen LogP contribution is -2.30. The molecule has 1 heterocycles. The Balaban J connectivity index is 1.91. The van der Waals surface area contributed by atoms with Crippen LogP contribution in [0.5, 0.6) is 0 Å². The van der Waals surface area contributed by atoms with Gasteiger partial charge in [0.05, 0.1) is 0 Å². The molecule has 0 saturated carbocycles. The maximum atomic E-state index is 5.93. The lowest BCUT2D eigenvalue weighted by molar-refractivity contribution is 0.731. The van der Waals surface area contributed by atoms with Gasteiger partial charge in [0.2, 0.25) is 0 Å². The Morgan fingerprint density at radius 2 is 1.83 bits per heavy atom. The molecule has 0 unspecified atom stereocenters. The van der Waals surface area contributed by atoms with Gasteiger partial charge in [0.25, 0.3) is 0 Å². The molecule has 0 aromatic heterocycles. The van der Waals surface area contributed by atoms with E-state index < -0.39 is 0 Å². The van der Waals surface area contributed by atoms with Crippen LogP contribution < -0.4 is 10.6 Å². The van der Waals surface area contributed by atoms with Crippen molar-refractivity contribution in [3.63, 3.8) is 0 Å². The van der Waals surface area contributed by atoms with Crippen molar-refractivity contribution in [2.45, 2.75) is 19.9 Å². The Bertz CT molecular complexity index is 555. The molecule has 2 aromatic carbocycles. The van der Waals surface area contributed by atoms with Crippen LogP contribution in [0.15, 0.2) is 42.5 Å². The van der Waals surface area contributed by atoms with Crippen LogP contribution in [0, 0.1) is 6.92 Å². The average Bonchev–Trinajstić information content (AvgIpc) is 2.37. The zero-order chi connectivity index (χ0) is 12.5. The van der Waals surface area contributed by atoms with E-state index in [0.717, 1.165) is 25.2 Å². The molecule has 1 aliphatic rings. The first-order valence-electron chi connectivity index (χ1n) is 6.41. The van der Waals surface area contributed by atoms with Gasteiger partial charge < -0.3 is 10.6 Å². The molecule has 2 aromatic rings. The second-order valence-corrected chi connectivity index (χ2v) is 5.04. The molecular weight excluding hydrogens is 220 g/mol. The molecule has 0 fully saturated rings. The van der Waals surface area contributed by atoms with Crippen LogP contribution >= 0.6 is 0 Å². The van der Waals surface area contributed by atoms with Gasteiger partial charge in [-0.2, -0.15) is 0 Å². The summed E-state index contributed by atoms with van der Waals surface area (Å²) in [5.74, 6) is 0. The molecule has 0 amide bonds. The summed E-state index contributed by atoms with van der Waals surface area (Å²) in [6.07, 6.45) is 1.12. The molecule has 0 radical (unpaired) electrons. The van der Waals surface area contributed by atoms with Crippen LogP contribution in [0.1, 0.15) is 16.7 Å². The third kappa shape index (κ3) is 2.06. The van der Waals surface area contributed by atoms with Crippen LogP contribution in [0.4, 0.5) is 11.4 Å². The van der Waals surface area contributed by atoms with Gasteiger partial charge in [0.1, 0.15) is 0 Å². The van der Waals surface area contributed by atoms with Gasteiger partial charge in [-0.1, -0.05) is 24.3 Å². The first kappa shape index (κ1) is 11.1. The molecule has 1 aliphatic heterocycles. The summed E-state index contributed by atoms with van der Waals surface area (Å²) in [4.78, 5) is 2.41. The lowest BCUT2D eigenvalue weighted by atomic mass is 9.99. The van der Waals surface area contributed by atoms with Gasteiger partial charge >= 0.3 is 0 Å². The fraction of sp³-hybridized carbons (Fsp3) is 0.250. The topological polar surface area (TPSA) is 29.3 Å². The Kier molecular flexibility index (Phi) is 2.71. The van der Waals surface area contributed by atoms with Crippen molar-refractivity contribution in [2.75, 3.05) is 17.2 Å². The molecular formula is C16H18N2. The zero-order valence-corrected chi connectivity index (χ0v) is 10.7. The summed E-state index contributed by atoms with van der Waals surface area (Å²) in [7, 11) is 0. The minimum Gasteiger partial charge on any atom is -0.399 e. The largest absolute Gasteiger partial charge is 0.399 e. The minimum atomic E-state index is 0.851. The van der Waals surface area contributed by atoms with E-state index in [1.165, 1.54) is 22.4 Å². The zero-order valence-electron chi connectivity index (χ0n) is 10.7. The van der Waals surface area contributed by atoms with Crippen molar-refractivity contribution in [1.82, 2.24) is 0 Å². The number of fused-ring (bicyclic) bond motifs is 1. The molecule has 2 N–H and O–H groups in total. The van der Waals surface area contributed by atoms with Gasteiger partial charge in [0, 0.05) is 24.5 Å². The number of aryl methyl sites for hydroxylation is 1. The van der Waals surface area contributed by atoms with Crippen molar-refractivity contribution >= 4 is 11.4 Å². The van der Waals surface area contributed by atoms with Crippen LogP contribution in [-0.4, -0.2) is 6.54 Å². The Morgan fingerprint density at radius 1 is 1.06 bits per heavy atom. The second-order valence-electron chi connectivity index (χ2n) is 5.04. The normalized spacial score (nSPS) is 14.4. The maximum absolute atomic E-state index is 5.93. The third-order valence-electron chi connectivity index (χ3n) is 3.58. The van der Waals surface area contributed by atoms with E-state index >= 15 is 0 Å². The van der Waals surface area contributed by atoms with Crippen molar-refractivity contribution in [3.8, 4) is 0 Å². The van der Waals surface area contributed by atoms with E-state index in [2.05, 4.69) is 48.2 Å². The van der Waals surface area contributed by atoms with Gasteiger partial charge in [0.15, 0.2) is 0 Å². The highest BCUT2D eigenvalue weighted by Crippen LogP contribution is 2.26. The number of hydrogen-bond donors (Lipinski definition) is 1. The summed E-state index contributed by atoms with van der Waals surface area (Å²) < 4.78 is 0. The fourth-order valence-electron chi connectivity index (χ4n) is 2.69. The molecule has 3 rings (SSSR count). The first-order chi connectivity index (χ1) is 8.72. The number of benzene rings is 2. The van der Waals surface area contributed by atoms with Crippen molar-refractivity contribution in [2.24, 2.45) is 0 Å². The number of nitrogens with two attached hydrogens (primary N) is 1. The van der Waals surface area contributed by atoms with Crippen LogP contribution in [0.2, 0.25) is 0 Å². The summed E-state index contributed by atoms with van der Waals surface area (Å²) in [6, 6.07) is 15.0.